The number of halogens is 1. The first kappa shape index (κ1) is 21.2. The molecule has 0 unspecified atom stereocenters. The van der Waals surface area contributed by atoms with Crippen LogP contribution in [0.15, 0.2) is 60.2 Å². The van der Waals surface area contributed by atoms with Gasteiger partial charge in [0.15, 0.2) is 0 Å². The lowest BCUT2D eigenvalue weighted by Gasteiger charge is -2.13. The topological polar surface area (TPSA) is 71.3 Å². The van der Waals surface area contributed by atoms with E-state index in [0.717, 1.165) is 10.8 Å². The molecule has 0 aliphatic heterocycles. The molecule has 3 aromatic rings. The summed E-state index contributed by atoms with van der Waals surface area (Å²) in [6.07, 6.45) is 1.54. The van der Waals surface area contributed by atoms with Crippen LogP contribution in [0.4, 0.5) is 5.69 Å². The van der Waals surface area contributed by atoms with Gasteiger partial charge in [-0.3, -0.25) is 4.79 Å². The zero-order valence-electron chi connectivity index (χ0n) is 16.7. The summed E-state index contributed by atoms with van der Waals surface area (Å²) in [4.78, 5) is 12.7. The second-order valence-corrected chi connectivity index (χ2v) is 6.80. The van der Waals surface area contributed by atoms with E-state index in [-0.39, 0.29) is 5.57 Å². The third-order valence-corrected chi connectivity index (χ3v) is 4.58. The van der Waals surface area contributed by atoms with E-state index >= 15 is 0 Å². The maximum atomic E-state index is 12.7. The second-order valence-electron chi connectivity index (χ2n) is 6.36. The zero-order valence-corrected chi connectivity index (χ0v) is 17.5. The van der Waals surface area contributed by atoms with Crippen LogP contribution in [0.1, 0.15) is 19.4 Å². The average molecular weight is 421 g/mol. The van der Waals surface area contributed by atoms with Gasteiger partial charge in [0.05, 0.1) is 13.2 Å². The largest absolute Gasteiger partial charge is 0.494 e. The van der Waals surface area contributed by atoms with Crippen molar-refractivity contribution in [2.45, 2.75) is 13.8 Å². The summed E-state index contributed by atoms with van der Waals surface area (Å²) >= 11 is 5.97. The van der Waals surface area contributed by atoms with Crippen LogP contribution < -0.4 is 14.8 Å². The van der Waals surface area contributed by atoms with E-state index in [1.54, 1.807) is 30.3 Å². The molecule has 3 aromatic carbocycles. The number of nitrogens with one attached hydrogen (secondary N) is 1. The van der Waals surface area contributed by atoms with Gasteiger partial charge in [-0.15, -0.1) is 0 Å². The van der Waals surface area contributed by atoms with Gasteiger partial charge in [0.25, 0.3) is 5.91 Å². The van der Waals surface area contributed by atoms with Crippen LogP contribution in [-0.2, 0) is 4.79 Å². The van der Waals surface area contributed by atoms with E-state index in [2.05, 4.69) is 5.32 Å². The summed E-state index contributed by atoms with van der Waals surface area (Å²) in [5, 5.41) is 14.6. The molecule has 3 rings (SSSR count). The van der Waals surface area contributed by atoms with Gasteiger partial charge in [0.2, 0.25) is 0 Å². The number of carbonyl (C=O) groups is 1. The molecule has 0 bridgehead atoms. The molecule has 0 fully saturated rings. The number of hydrogen-bond donors (Lipinski definition) is 1. The van der Waals surface area contributed by atoms with Crippen molar-refractivity contribution in [2.24, 2.45) is 0 Å². The van der Waals surface area contributed by atoms with Crippen molar-refractivity contribution >= 4 is 40.0 Å². The summed E-state index contributed by atoms with van der Waals surface area (Å²) < 4.78 is 11.4. The minimum absolute atomic E-state index is 0.0507. The number of benzene rings is 3. The summed E-state index contributed by atoms with van der Waals surface area (Å²) in [7, 11) is 0. The van der Waals surface area contributed by atoms with Crippen LogP contribution in [0.5, 0.6) is 11.5 Å². The number of fused-ring (bicyclic) bond motifs is 1. The maximum Gasteiger partial charge on any atom is 0.266 e. The molecular weight excluding hydrogens is 400 g/mol. The predicted molar refractivity (Wildman–Crippen MR) is 120 cm³/mol. The van der Waals surface area contributed by atoms with Gasteiger partial charge in [-0.1, -0.05) is 29.8 Å². The second kappa shape index (κ2) is 9.82. The third kappa shape index (κ3) is 4.91. The van der Waals surface area contributed by atoms with Gasteiger partial charge in [0.1, 0.15) is 23.1 Å². The lowest BCUT2D eigenvalue weighted by Crippen LogP contribution is -2.13. The van der Waals surface area contributed by atoms with Crippen molar-refractivity contribution < 1.29 is 14.3 Å². The molecule has 6 heteroatoms. The molecule has 5 nitrogen and oxygen atoms in total. The Morgan fingerprint density at radius 3 is 2.57 bits per heavy atom. The van der Waals surface area contributed by atoms with Crippen molar-refractivity contribution in [3.63, 3.8) is 0 Å². The van der Waals surface area contributed by atoms with Crippen LogP contribution >= 0.6 is 11.6 Å². The van der Waals surface area contributed by atoms with E-state index in [4.69, 9.17) is 21.1 Å². The highest BCUT2D eigenvalue weighted by atomic mass is 35.5. The fourth-order valence-electron chi connectivity index (χ4n) is 3.05. The molecule has 0 aliphatic carbocycles. The van der Waals surface area contributed by atoms with E-state index in [1.165, 1.54) is 0 Å². The molecular formula is C24H21ClN2O3. The molecule has 0 saturated heterocycles. The number of hydrogen-bond acceptors (Lipinski definition) is 4. The number of ether oxygens (including phenoxy) is 2. The van der Waals surface area contributed by atoms with Gasteiger partial charge < -0.3 is 14.8 Å². The van der Waals surface area contributed by atoms with Crippen LogP contribution in [0.2, 0.25) is 5.02 Å². The van der Waals surface area contributed by atoms with Crippen LogP contribution in [0.3, 0.4) is 0 Å². The van der Waals surface area contributed by atoms with Crippen LogP contribution in [0, 0.1) is 11.3 Å². The number of rotatable bonds is 7. The predicted octanol–water partition coefficient (Wildman–Crippen LogP) is 5.84. The Hall–Kier alpha value is -3.49. The highest BCUT2D eigenvalue weighted by Crippen LogP contribution is 2.33. The van der Waals surface area contributed by atoms with Gasteiger partial charge in [0, 0.05) is 16.3 Å². The molecule has 0 aromatic heterocycles. The number of nitriles is 1. The van der Waals surface area contributed by atoms with Crippen molar-refractivity contribution in [3.8, 4) is 17.6 Å². The Bertz CT molecular complexity index is 1140. The first-order valence-corrected chi connectivity index (χ1v) is 9.94. The third-order valence-electron chi connectivity index (χ3n) is 4.34. The summed E-state index contributed by atoms with van der Waals surface area (Å²) in [5.41, 5.74) is 1.11. The SMILES string of the molecule is CCOc1ccc2ccc(OCC)c(/C=C(/C#N)C(=O)Nc3cccc(Cl)c3)c2c1. The zero-order chi connectivity index (χ0) is 21.5. The minimum atomic E-state index is -0.528. The fourth-order valence-corrected chi connectivity index (χ4v) is 3.24. The Labute approximate surface area is 180 Å². The molecule has 152 valence electrons. The highest BCUT2D eigenvalue weighted by Gasteiger charge is 2.14. The molecule has 0 heterocycles. The lowest BCUT2D eigenvalue weighted by molar-refractivity contribution is -0.112. The van der Waals surface area contributed by atoms with Gasteiger partial charge in [-0.05, 0) is 67.1 Å². The van der Waals surface area contributed by atoms with Crippen LogP contribution in [0.25, 0.3) is 16.8 Å². The number of amides is 1. The number of nitrogens with zero attached hydrogens (tertiary/aromatic N) is 1. The maximum absolute atomic E-state index is 12.7. The Morgan fingerprint density at radius 1 is 1.10 bits per heavy atom. The molecule has 1 N–H and O–H groups in total. The smallest absolute Gasteiger partial charge is 0.266 e. The van der Waals surface area contributed by atoms with E-state index in [1.807, 2.05) is 50.2 Å². The average Bonchev–Trinajstić information content (AvgIpc) is 2.73. The molecule has 1 amide bonds. The van der Waals surface area contributed by atoms with Gasteiger partial charge >= 0.3 is 0 Å². The molecule has 0 saturated carbocycles. The van der Waals surface area contributed by atoms with Gasteiger partial charge in [-0.2, -0.15) is 5.26 Å². The first-order chi connectivity index (χ1) is 14.5. The fraction of sp³-hybridized carbons (Fsp3) is 0.167. The molecule has 0 radical (unpaired) electrons. The number of anilines is 1. The van der Waals surface area contributed by atoms with E-state index in [9.17, 15) is 10.1 Å². The molecule has 0 spiro atoms. The van der Waals surface area contributed by atoms with Crippen molar-refractivity contribution in [1.29, 1.82) is 5.26 Å². The monoisotopic (exact) mass is 420 g/mol. The van der Waals surface area contributed by atoms with Crippen molar-refractivity contribution in [3.05, 3.63) is 70.8 Å². The summed E-state index contributed by atoms with van der Waals surface area (Å²) in [6.45, 7) is 4.78. The molecule has 0 aliphatic rings. The molecule has 30 heavy (non-hydrogen) atoms. The standard InChI is InChI=1S/C24H21ClN2O3/c1-3-29-20-10-8-16-9-11-23(30-4-2)22(21(16)14-20)12-17(15-26)24(28)27-19-7-5-6-18(25)13-19/h5-14H,3-4H2,1-2H3,(H,27,28)/b17-12-. The minimum Gasteiger partial charge on any atom is -0.494 e. The molecule has 0 atom stereocenters. The lowest BCUT2D eigenvalue weighted by atomic mass is 10.0. The quantitative estimate of drug-likeness (QED) is 0.385. The van der Waals surface area contributed by atoms with Crippen molar-refractivity contribution in [2.75, 3.05) is 18.5 Å². The number of carbonyl (C=O) groups excluding carboxylic acids is 1. The van der Waals surface area contributed by atoms with Crippen LogP contribution in [-0.4, -0.2) is 19.1 Å². The summed E-state index contributed by atoms with van der Waals surface area (Å²) in [6, 6.07) is 18.2. The highest BCUT2D eigenvalue weighted by molar-refractivity contribution is 6.31. The van der Waals surface area contributed by atoms with E-state index in [0.29, 0.717) is 41.0 Å². The Balaban J connectivity index is 2.08. The Morgan fingerprint density at radius 2 is 1.87 bits per heavy atom. The first-order valence-electron chi connectivity index (χ1n) is 9.56. The normalized spacial score (nSPS) is 11.1. The Kier molecular flexibility index (Phi) is 6.95. The van der Waals surface area contributed by atoms with Gasteiger partial charge in [-0.25, -0.2) is 0 Å². The summed E-state index contributed by atoms with van der Waals surface area (Å²) in [5.74, 6) is 0.761. The van der Waals surface area contributed by atoms with Crippen molar-refractivity contribution in [1.82, 2.24) is 0 Å². The van der Waals surface area contributed by atoms with E-state index < -0.39 is 5.91 Å².